The van der Waals surface area contributed by atoms with Crippen molar-refractivity contribution in [3.05, 3.63) is 34.6 Å². The molecule has 20 heavy (non-hydrogen) atoms. The highest BCUT2D eigenvalue weighted by Gasteiger charge is 2.31. The molecular weight excluding hydrogens is 285 g/mol. The first-order valence-electron chi connectivity index (χ1n) is 6.28. The summed E-state index contributed by atoms with van der Waals surface area (Å²) >= 11 is 5.84. The zero-order valence-corrected chi connectivity index (χ0v) is 11.5. The second-order valence-electron chi connectivity index (χ2n) is 4.64. The van der Waals surface area contributed by atoms with Gasteiger partial charge in [-0.2, -0.15) is 0 Å². The van der Waals surface area contributed by atoms with Gasteiger partial charge in [0.05, 0.1) is 16.6 Å². The van der Waals surface area contributed by atoms with E-state index in [1.54, 1.807) is 0 Å². The fourth-order valence-electron chi connectivity index (χ4n) is 2.37. The molecule has 3 N–H and O–H groups in total. The molecule has 1 heterocycles. The molecule has 1 aliphatic heterocycles. The molecule has 1 aromatic carbocycles. The van der Waals surface area contributed by atoms with Gasteiger partial charge in [-0.15, -0.1) is 0 Å². The number of carbonyl (C=O) groups is 1. The molecule has 1 unspecified atom stereocenters. The van der Waals surface area contributed by atoms with Gasteiger partial charge in [0.1, 0.15) is 5.82 Å². The number of carbonyl (C=O) groups excluding carboxylic acids is 1. The molecule has 0 spiro atoms. The number of rotatable bonds is 2. The van der Waals surface area contributed by atoms with Gasteiger partial charge in [0.15, 0.2) is 5.84 Å². The summed E-state index contributed by atoms with van der Waals surface area (Å²) in [7, 11) is 0. The highest BCUT2D eigenvalue weighted by atomic mass is 35.5. The van der Waals surface area contributed by atoms with Crippen LogP contribution in [0.1, 0.15) is 29.6 Å². The Bertz CT molecular complexity index is 550. The van der Waals surface area contributed by atoms with E-state index in [0.29, 0.717) is 13.0 Å². The normalized spacial score (nSPS) is 20.0. The third-order valence-corrected chi connectivity index (χ3v) is 3.79. The first-order valence-corrected chi connectivity index (χ1v) is 6.66. The van der Waals surface area contributed by atoms with Gasteiger partial charge >= 0.3 is 0 Å². The second-order valence-corrected chi connectivity index (χ2v) is 5.01. The average molecular weight is 300 g/mol. The fourth-order valence-corrected chi connectivity index (χ4v) is 2.58. The van der Waals surface area contributed by atoms with E-state index < -0.39 is 17.8 Å². The fraction of sp³-hybridized carbons (Fsp3) is 0.385. The Balaban J connectivity index is 2.32. The SMILES string of the molecule is N/C(=N/O)C1CCCCN1C(=O)c1cccc(F)c1Cl. The summed E-state index contributed by atoms with van der Waals surface area (Å²) in [6.07, 6.45) is 2.30. The predicted octanol–water partition coefficient (Wildman–Crippen LogP) is 2.22. The minimum absolute atomic E-state index is 0.0226. The van der Waals surface area contributed by atoms with Gasteiger partial charge in [-0.1, -0.05) is 22.8 Å². The summed E-state index contributed by atoms with van der Waals surface area (Å²) in [5, 5.41) is 11.6. The van der Waals surface area contributed by atoms with Crippen molar-refractivity contribution in [3.8, 4) is 0 Å². The van der Waals surface area contributed by atoms with Gasteiger partial charge in [0.2, 0.25) is 0 Å². The van der Waals surface area contributed by atoms with Crippen molar-refractivity contribution >= 4 is 23.3 Å². The largest absolute Gasteiger partial charge is 0.409 e. The van der Waals surface area contributed by atoms with Crippen LogP contribution in [0.25, 0.3) is 0 Å². The molecule has 1 amide bonds. The third kappa shape index (κ3) is 2.70. The number of nitrogens with two attached hydrogens (primary N) is 1. The van der Waals surface area contributed by atoms with Crippen molar-refractivity contribution in [1.29, 1.82) is 0 Å². The topological polar surface area (TPSA) is 78.9 Å². The maximum atomic E-state index is 13.4. The smallest absolute Gasteiger partial charge is 0.256 e. The number of amides is 1. The highest BCUT2D eigenvalue weighted by molar-refractivity contribution is 6.34. The molecule has 1 fully saturated rings. The minimum atomic E-state index is -0.644. The molecule has 0 radical (unpaired) electrons. The van der Waals surface area contributed by atoms with E-state index in [1.165, 1.54) is 23.1 Å². The molecule has 5 nitrogen and oxygen atoms in total. The Hall–Kier alpha value is -1.82. The molecule has 1 aromatic rings. The summed E-state index contributed by atoms with van der Waals surface area (Å²) in [5.41, 5.74) is 5.71. The van der Waals surface area contributed by atoms with E-state index in [2.05, 4.69) is 5.16 Å². The van der Waals surface area contributed by atoms with Crippen molar-refractivity contribution in [2.45, 2.75) is 25.3 Å². The van der Waals surface area contributed by atoms with E-state index in [0.717, 1.165) is 12.8 Å². The molecule has 0 aliphatic carbocycles. The van der Waals surface area contributed by atoms with Crippen LogP contribution in [0, 0.1) is 5.82 Å². The monoisotopic (exact) mass is 299 g/mol. The molecule has 1 saturated heterocycles. The number of benzene rings is 1. The molecule has 1 atom stereocenters. The first-order chi connectivity index (χ1) is 9.56. The van der Waals surface area contributed by atoms with E-state index in [4.69, 9.17) is 22.5 Å². The summed E-state index contributed by atoms with van der Waals surface area (Å²) < 4.78 is 13.4. The summed E-state index contributed by atoms with van der Waals surface area (Å²) in [6.45, 7) is 0.465. The third-order valence-electron chi connectivity index (χ3n) is 3.40. The van der Waals surface area contributed by atoms with Crippen LogP contribution < -0.4 is 5.73 Å². The van der Waals surface area contributed by atoms with E-state index in [9.17, 15) is 9.18 Å². The van der Waals surface area contributed by atoms with Crippen molar-refractivity contribution < 1.29 is 14.4 Å². The lowest BCUT2D eigenvalue weighted by Crippen LogP contribution is -2.50. The number of nitrogens with zero attached hydrogens (tertiary/aromatic N) is 2. The van der Waals surface area contributed by atoms with Crippen molar-refractivity contribution in [2.75, 3.05) is 6.54 Å². The van der Waals surface area contributed by atoms with Crippen LogP contribution >= 0.6 is 11.6 Å². The number of oxime groups is 1. The van der Waals surface area contributed by atoms with Crippen LogP contribution in [-0.4, -0.2) is 34.4 Å². The first kappa shape index (κ1) is 14.6. The van der Waals surface area contributed by atoms with Gasteiger partial charge in [-0.25, -0.2) is 4.39 Å². The minimum Gasteiger partial charge on any atom is -0.409 e. The van der Waals surface area contributed by atoms with Gasteiger partial charge in [-0.05, 0) is 31.4 Å². The summed E-state index contributed by atoms with van der Waals surface area (Å²) in [4.78, 5) is 14.0. The lowest BCUT2D eigenvalue weighted by molar-refractivity contribution is 0.0676. The van der Waals surface area contributed by atoms with Gasteiger partial charge in [-0.3, -0.25) is 4.79 Å². The predicted molar refractivity (Wildman–Crippen MR) is 73.5 cm³/mol. The number of hydrogen-bond donors (Lipinski definition) is 2. The van der Waals surface area contributed by atoms with Gasteiger partial charge in [0, 0.05) is 6.54 Å². The van der Waals surface area contributed by atoms with Crippen LogP contribution in [0.3, 0.4) is 0 Å². The van der Waals surface area contributed by atoms with Crippen LogP contribution in [-0.2, 0) is 0 Å². The summed E-state index contributed by atoms with van der Waals surface area (Å²) in [6, 6.07) is 3.60. The van der Waals surface area contributed by atoms with E-state index in [1.807, 2.05) is 0 Å². The summed E-state index contributed by atoms with van der Waals surface area (Å²) in [5.74, 6) is -1.08. The Morgan fingerprint density at radius 2 is 2.25 bits per heavy atom. The maximum absolute atomic E-state index is 13.4. The molecule has 0 saturated carbocycles. The number of halogens is 2. The molecule has 108 valence electrons. The van der Waals surface area contributed by atoms with Crippen LogP contribution in [0.4, 0.5) is 4.39 Å². The average Bonchev–Trinajstić information content (AvgIpc) is 2.48. The van der Waals surface area contributed by atoms with Crippen LogP contribution in [0.2, 0.25) is 5.02 Å². The second kappa shape index (κ2) is 6.09. The van der Waals surface area contributed by atoms with Crippen LogP contribution in [0.5, 0.6) is 0 Å². The molecule has 0 aromatic heterocycles. The van der Waals surface area contributed by atoms with Crippen molar-refractivity contribution in [3.63, 3.8) is 0 Å². The maximum Gasteiger partial charge on any atom is 0.256 e. The quantitative estimate of drug-likeness (QED) is 0.380. The van der Waals surface area contributed by atoms with Gasteiger partial charge in [0.25, 0.3) is 5.91 Å². The van der Waals surface area contributed by atoms with E-state index in [-0.39, 0.29) is 16.4 Å². The van der Waals surface area contributed by atoms with E-state index >= 15 is 0 Å². The molecule has 1 aliphatic rings. The van der Waals surface area contributed by atoms with Gasteiger partial charge < -0.3 is 15.8 Å². The number of piperidine rings is 1. The van der Waals surface area contributed by atoms with Crippen LogP contribution in [0.15, 0.2) is 23.4 Å². The Labute approximate surface area is 120 Å². The lowest BCUT2D eigenvalue weighted by atomic mass is 10.00. The van der Waals surface area contributed by atoms with Crippen molar-refractivity contribution in [2.24, 2.45) is 10.9 Å². The highest BCUT2D eigenvalue weighted by Crippen LogP contribution is 2.25. The Morgan fingerprint density at radius 1 is 1.50 bits per heavy atom. The molecule has 0 bridgehead atoms. The van der Waals surface area contributed by atoms with Crippen molar-refractivity contribution in [1.82, 2.24) is 4.90 Å². The number of hydrogen-bond acceptors (Lipinski definition) is 3. The zero-order valence-electron chi connectivity index (χ0n) is 10.7. The lowest BCUT2D eigenvalue weighted by Gasteiger charge is -2.35. The molecular formula is C13H15ClFN3O2. The number of amidine groups is 1. The molecule has 7 heteroatoms. The zero-order chi connectivity index (χ0) is 14.7. The molecule has 2 rings (SSSR count). The standard InChI is InChI=1S/C13H15ClFN3O2/c14-11-8(4-3-5-9(11)15)13(19)18-7-2-1-6-10(18)12(16)17-20/h3-5,10,20H,1-2,6-7H2,(H2,16,17). The Morgan fingerprint density at radius 3 is 2.95 bits per heavy atom. The Kier molecular flexibility index (Phi) is 4.44. The number of likely N-dealkylation sites (tertiary alicyclic amines) is 1.